The van der Waals surface area contributed by atoms with E-state index in [2.05, 4.69) is 44.1 Å². The first-order valence-electron chi connectivity index (χ1n) is 10.2. The maximum Gasteiger partial charge on any atom is 0.193 e. The standard InChI is InChI=1S/C23H29N5O2.HI/c1-3-29-19-10-11-21(30-4-2)20(16-19)27-23(24)26-17-22-25-13-15-28(22)14-12-18-8-6-5-7-9-18;/h5-11,13,15-16H,3-4,12,14,17H2,1-2H3,(H3,24,26,27);1H. The van der Waals surface area contributed by atoms with Gasteiger partial charge in [0.05, 0.1) is 18.9 Å². The van der Waals surface area contributed by atoms with Crippen LogP contribution in [0.2, 0.25) is 0 Å². The van der Waals surface area contributed by atoms with Crippen LogP contribution in [0.3, 0.4) is 0 Å². The van der Waals surface area contributed by atoms with E-state index in [1.807, 2.05) is 44.3 Å². The van der Waals surface area contributed by atoms with Gasteiger partial charge >= 0.3 is 0 Å². The highest BCUT2D eigenvalue weighted by atomic mass is 127. The number of ether oxygens (including phenoxy) is 2. The molecule has 8 heteroatoms. The largest absolute Gasteiger partial charge is 0.494 e. The predicted octanol–water partition coefficient (Wildman–Crippen LogP) is 4.47. The molecule has 0 aliphatic carbocycles. The van der Waals surface area contributed by atoms with E-state index in [1.54, 1.807) is 6.20 Å². The Bertz CT molecular complexity index is 960. The number of nitrogens with zero attached hydrogens (tertiary/aromatic N) is 3. The molecule has 0 bridgehead atoms. The van der Waals surface area contributed by atoms with Gasteiger partial charge < -0.3 is 25.1 Å². The van der Waals surface area contributed by atoms with Crippen LogP contribution in [-0.2, 0) is 19.5 Å². The fraction of sp³-hybridized carbons (Fsp3) is 0.304. The molecule has 3 N–H and O–H groups in total. The zero-order chi connectivity index (χ0) is 21.2. The molecule has 7 nitrogen and oxygen atoms in total. The number of imidazole rings is 1. The number of aliphatic imine (C=N–C) groups is 1. The first kappa shape index (κ1) is 24.5. The average Bonchev–Trinajstić information content (AvgIpc) is 3.21. The smallest absolute Gasteiger partial charge is 0.193 e. The number of guanidine groups is 1. The summed E-state index contributed by atoms with van der Waals surface area (Å²) < 4.78 is 13.3. The summed E-state index contributed by atoms with van der Waals surface area (Å²) in [6, 6.07) is 16.0. The molecule has 1 aromatic heterocycles. The van der Waals surface area contributed by atoms with Crippen molar-refractivity contribution in [2.75, 3.05) is 18.5 Å². The average molecular weight is 535 g/mol. The van der Waals surface area contributed by atoms with Gasteiger partial charge in [0.25, 0.3) is 0 Å². The zero-order valence-electron chi connectivity index (χ0n) is 18.0. The second-order valence-electron chi connectivity index (χ2n) is 6.62. The number of aromatic nitrogens is 2. The molecule has 3 aromatic rings. The summed E-state index contributed by atoms with van der Waals surface area (Å²) in [7, 11) is 0. The van der Waals surface area contributed by atoms with Crippen LogP contribution in [0.4, 0.5) is 5.69 Å². The van der Waals surface area contributed by atoms with E-state index in [9.17, 15) is 0 Å². The molecule has 0 amide bonds. The van der Waals surface area contributed by atoms with Crippen LogP contribution in [-0.4, -0.2) is 28.7 Å². The van der Waals surface area contributed by atoms with E-state index < -0.39 is 0 Å². The van der Waals surface area contributed by atoms with Crippen molar-refractivity contribution in [3.8, 4) is 11.5 Å². The molecule has 0 saturated heterocycles. The molecule has 0 atom stereocenters. The molecule has 0 spiro atoms. The Kier molecular flexibility index (Phi) is 10.2. The van der Waals surface area contributed by atoms with Gasteiger partial charge in [0.2, 0.25) is 0 Å². The lowest BCUT2D eigenvalue weighted by Crippen LogP contribution is -2.23. The maximum absolute atomic E-state index is 6.13. The van der Waals surface area contributed by atoms with Gasteiger partial charge in [-0.2, -0.15) is 0 Å². The fourth-order valence-corrected chi connectivity index (χ4v) is 3.07. The van der Waals surface area contributed by atoms with E-state index >= 15 is 0 Å². The molecule has 0 fully saturated rings. The third-order valence-electron chi connectivity index (χ3n) is 4.50. The summed E-state index contributed by atoms with van der Waals surface area (Å²) in [5, 5.41) is 3.12. The molecule has 166 valence electrons. The van der Waals surface area contributed by atoms with Gasteiger partial charge in [0, 0.05) is 25.0 Å². The number of nitrogens with one attached hydrogen (secondary N) is 1. The third-order valence-corrected chi connectivity index (χ3v) is 4.50. The summed E-state index contributed by atoms with van der Waals surface area (Å²) in [6.45, 7) is 6.25. The monoisotopic (exact) mass is 535 g/mol. The Morgan fingerprint density at radius 1 is 1.10 bits per heavy atom. The second kappa shape index (κ2) is 12.8. The lowest BCUT2D eigenvalue weighted by Gasteiger charge is -2.14. The number of aryl methyl sites for hydroxylation is 2. The number of hydrogen-bond acceptors (Lipinski definition) is 4. The maximum atomic E-state index is 6.13. The molecule has 2 aromatic carbocycles. The van der Waals surface area contributed by atoms with Gasteiger partial charge in [-0.3, -0.25) is 0 Å². The summed E-state index contributed by atoms with van der Waals surface area (Å²) in [5.41, 5.74) is 8.14. The Hall–Kier alpha value is -2.75. The van der Waals surface area contributed by atoms with Crippen molar-refractivity contribution in [2.24, 2.45) is 10.7 Å². The van der Waals surface area contributed by atoms with E-state index in [4.69, 9.17) is 15.2 Å². The van der Waals surface area contributed by atoms with Crippen molar-refractivity contribution < 1.29 is 9.47 Å². The molecule has 1 heterocycles. The molecule has 0 aliphatic rings. The summed E-state index contributed by atoms with van der Waals surface area (Å²) in [6.07, 6.45) is 4.69. The molecule has 0 aliphatic heterocycles. The van der Waals surface area contributed by atoms with Crippen LogP contribution >= 0.6 is 24.0 Å². The van der Waals surface area contributed by atoms with Crippen LogP contribution in [0.15, 0.2) is 65.9 Å². The molecule has 3 rings (SSSR count). The van der Waals surface area contributed by atoms with Crippen molar-refractivity contribution in [1.29, 1.82) is 0 Å². The lowest BCUT2D eigenvalue weighted by atomic mass is 10.1. The fourth-order valence-electron chi connectivity index (χ4n) is 3.07. The Morgan fingerprint density at radius 3 is 2.61 bits per heavy atom. The predicted molar refractivity (Wildman–Crippen MR) is 136 cm³/mol. The first-order valence-corrected chi connectivity index (χ1v) is 10.2. The van der Waals surface area contributed by atoms with Crippen LogP contribution < -0.4 is 20.5 Å². The van der Waals surface area contributed by atoms with Crippen molar-refractivity contribution in [3.63, 3.8) is 0 Å². The van der Waals surface area contributed by atoms with Crippen molar-refractivity contribution in [3.05, 3.63) is 72.3 Å². The van der Waals surface area contributed by atoms with Crippen LogP contribution in [0.25, 0.3) is 0 Å². The Morgan fingerprint density at radius 2 is 1.87 bits per heavy atom. The van der Waals surface area contributed by atoms with E-state index in [0.717, 1.165) is 30.2 Å². The van der Waals surface area contributed by atoms with Gasteiger partial charge in [-0.15, -0.1) is 24.0 Å². The minimum absolute atomic E-state index is 0. The highest BCUT2D eigenvalue weighted by Crippen LogP contribution is 2.29. The molecule has 0 radical (unpaired) electrons. The van der Waals surface area contributed by atoms with Crippen molar-refractivity contribution in [2.45, 2.75) is 33.4 Å². The minimum Gasteiger partial charge on any atom is -0.494 e. The van der Waals surface area contributed by atoms with Gasteiger partial charge in [0.1, 0.15) is 23.9 Å². The summed E-state index contributed by atoms with van der Waals surface area (Å²) in [4.78, 5) is 8.88. The van der Waals surface area contributed by atoms with Crippen LogP contribution in [0, 0.1) is 0 Å². The third kappa shape index (κ3) is 7.46. The number of anilines is 1. The van der Waals surface area contributed by atoms with Gasteiger partial charge in [-0.05, 0) is 38.0 Å². The normalized spacial score (nSPS) is 11.0. The molecular formula is C23H30IN5O2. The van der Waals surface area contributed by atoms with Crippen molar-refractivity contribution >= 4 is 35.6 Å². The number of nitrogens with two attached hydrogens (primary N) is 1. The van der Waals surface area contributed by atoms with E-state index in [1.165, 1.54) is 5.56 Å². The van der Waals surface area contributed by atoms with Crippen LogP contribution in [0.5, 0.6) is 11.5 Å². The zero-order valence-corrected chi connectivity index (χ0v) is 20.3. The number of halogens is 1. The minimum atomic E-state index is 0. The van der Waals surface area contributed by atoms with Gasteiger partial charge in [-0.25, -0.2) is 9.98 Å². The SMILES string of the molecule is CCOc1ccc(OCC)c(NC(N)=NCc2nccn2CCc2ccccc2)c1.I. The van der Waals surface area contributed by atoms with Crippen molar-refractivity contribution in [1.82, 2.24) is 9.55 Å². The number of hydrogen-bond donors (Lipinski definition) is 2. The first-order chi connectivity index (χ1) is 14.7. The lowest BCUT2D eigenvalue weighted by molar-refractivity contribution is 0.332. The Labute approximate surface area is 200 Å². The Balaban J connectivity index is 0.00000341. The second-order valence-corrected chi connectivity index (χ2v) is 6.62. The highest BCUT2D eigenvalue weighted by Gasteiger charge is 2.08. The molecular weight excluding hydrogens is 505 g/mol. The van der Waals surface area contributed by atoms with Gasteiger partial charge in [-0.1, -0.05) is 30.3 Å². The summed E-state index contributed by atoms with van der Waals surface area (Å²) in [5.74, 6) is 2.60. The highest BCUT2D eigenvalue weighted by molar-refractivity contribution is 14.0. The topological polar surface area (TPSA) is 86.7 Å². The molecule has 31 heavy (non-hydrogen) atoms. The van der Waals surface area contributed by atoms with E-state index in [0.29, 0.717) is 31.5 Å². The van der Waals surface area contributed by atoms with E-state index in [-0.39, 0.29) is 24.0 Å². The van der Waals surface area contributed by atoms with Gasteiger partial charge in [0.15, 0.2) is 5.96 Å². The van der Waals surface area contributed by atoms with Crippen LogP contribution in [0.1, 0.15) is 25.2 Å². The molecule has 0 unspecified atom stereocenters. The molecule has 0 saturated carbocycles. The number of benzene rings is 2. The summed E-state index contributed by atoms with van der Waals surface area (Å²) >= 11 is 0. The quantitative estimate of drug-likeness (QED) is 0.227. The number of rotatable bonds is 10.